The minimum Gasteiger partial charge on any atom is -0.393 e. The molecule has 2 rings (SSSR count). The first-order valence-corrected chi connectivity index (χ1v) is 5.78. The van der Waals surface area contributed by atoms with Crippen LogP contribution in [0.4, 0.5) is 0 Å². The van der Waals surface area contributed by atoms with Gasteiger partial charge in [0.2, 0.25) is 0 Å². The summed E-state index contributed by atoms with van der Waals surface area (Å²) in [6.45, 7) is 2.07. The van der Waals surface area contributed by atoms with Gasteiger partial charge in [-0.25, -0.2) is 0 Å². The number of pyridine rings is 1. The molecule has 1 aromatic heterocycles. The SMILES string of the molecule is CCC(C(N)=S)c1ccc2ccccc2n1. The van der Waals surface area contributed by atoms with Crippen LogP contribution in [0, 0.1) is 0 Å². The van der Waals surface area contributed by atoms with Gasteiger partial charge < -0.3 is 5.73 Å². The van der Waals surface area contributed by atoms with E-state index in [9.17, 15) is 0 Å². The van der Waals surface area contributed by atoms with E-state index >= 15 is 0 Å². The quantitative estimate of drug-likeness (QED) is 0.824. The van der Waals surface area contributed by atoms with E-state index in [0.29, 0.717) is 4.99 Å². The first-order valence-electron chi connectivity index (χ1n) is 5.37. The number of thiocarbonyl (C=S) groups is 1. The Labute approximate surface area is 100 Å². The molecule has 1 atom stereocenters. The minimum absolute atomic E-state index is 0.0830. The fourth-order valence-electron chi connectivity index (χ4n) is 1.83. The van der Waals surface area contributed by atoms with Crippen molar-refractivity contribution in [1.29, 1.82) is 0 Å². The lowest BCUT2D eigenvalue weighted by Crippen LogP contribution is -2.19. The van der Waals surface area contributed by atoms with Crippen LogP contribution in [0.5, 0.6) is 0 Å². The monoisotopic (exact) mass is 230 g/mol. The first kappa shape index (κ1) is 11.0. The van der Waals surface area contributed by atoms with Crippen LogP contribution in [0.1, 0.15) is 25.0 Å². The third-order valence-electron chi connectivity index (χ3n) is 2.73. The summed E-state index contributed by atoms with van der Waals surface area (Å²) in [6, 6.07) is 12.1. The summed E-state index contributed by atoms with van der Waals surface area (Å²) < 4.78 is 0. The lowest BCUT2D eigenvalue weighted by molar-refractivity contribution is 0.820. The van der Waals surface area contributed by atoms with Crippen molar-refractivity contribution in [2.24, 2.45) is 5.73 Å². The van der Waals surface area contributed by atoms with Gasteiger partial charge in [-0.1, -0.05) is 43.4 Å². The molecule has 3 heteroatoms. The van der Waals surface area contributed by atoms with Gasteiger partial charge in [0, 0.05) is 5.39 Å². The van der Waals surface area contributed by atoms with Gasteiger partial charge in [0.25, 0.3) is 0 Å². The molecule has 82 valence electrons. The summed E-state index contributed by atoms with van der Waals surface area (Å²) in [4.78, 5) is 5.12. The van der Waals surface area contributed by atoms with Gasteiger partial charge in [0.05, 0.1) is 22.1 Å². The Hall–Kier alpha value is -1.48. The van der Waals surface area contributed by atoms with Gasteiger partial charge in [-0.3, -0.25) is 4.98 Å². The van der Waals surface area contributed by atoms with E-state index in [-0.39, 0.29) is 5.92 Å². The molecule has 0 bridgehead atoms. The minimum atomic E-state index is 0.0830. The van der Waals surface area contributed by atoms with Gasteiger partial charge in [0.15, 0.2) is 0 Å². The molecule has 2 aromatic rings. The smallest absolute Gasteiger partial charge is 0.0819 e. The molecule has 16 heavy (non-hydrogen) atoms. The number of fused-ring (bicyclic) bond motifs is 1. The second-order valence-electron chi connectivity index (χ2n) is 3.79. The van der Waals surface area contributed by atoms with Crippen molar-refractivity contribution in [2.45, 2.75) is 19.3 Å². The van der Waals surface area contributed by atoms with E-state index in [1.54, 1.807) is 0 Å². The molecule has 2 N–H and O–H groups in total. The van der Waals surface area contributed by atoms with E-state index in [1.165, 1.54) is 0 Å². The zero-order valence-electron chi connectivity index (χ0n) is 9.18. The second-order valence-corrected chi connectivity index (χ2v) is 4.26. The average molecular weight is 230 g/mol. The van der Waals surface area contributed by atoms with Crippen molar-refractivity contribution in [2.75, 3.05) is 0 Å². The molecule has 0 radical (unpaired) electrons. The predicted molar refractivity (Wildman–Crippen MR) is 71.6 cm³/mol. The Kier molecular flexibility index (Phi) is 3.15. The van der Waals surface area contributed by atoms with Crippen LogP contribution in [-0.2, 0) is 0 Å². The highest BCUT2D eigenvalue weighted by Crippen LogP contribution is 2.21. The molecular formula is C13H14N2S. The van der Waals surface area contributed by atoms with Crippen molar-refractivity contribution in [3.8, 4) is 0 Å². The number of aromatic nitrogens is 1. The maximum Gasteiger partial charge on any atom is 0.0819 e. The molecule has 0 aliphatic rings. The second kappa shape index (κ2) is 4.58. The number of rotatable bonds is 3. The molecule has 1 aromatic carbocycles. The average Bonchev–Trinajstić information content (AvgIpc) is 2.29. The molecule has 2 nitrogen and oxygen atoms in total. The fourth-order valence-corrected chi connectivity index (χ4v) is 2.12. The number of hydrogen-bond donors (Lipinski definition) is 1. The topological polar surface area (TPSA) is 38.9 Å². The fraction of sp³-hybridized carbons (Fsp3) is 0.231. The number of hydrogen-bond acceptors (Lipinski definition) is 2. The summed E-state index contributed by atoms with van der Waals surface area (Å²) in [5.41, 5.74) is 7.68. The lowest BCUT2D eigenvalue weighted by atomic mass is 10.0. The molecule has 0 saturated heterocycles. The normalized spacial score (nSPS) is 12.6. The standard InChI is InChI=1S/C13H14N2S/c1-2-10(13(14)16)12-8-7-9-5-3-4-6-11(9)15-12/h3-8,10H,2H2,1H3,(H2,14,16). The summed E-state index contributed by atoms with van der Waals surface area (Å²) >= 11 is 5.06. The highest BCUT2D eigenvalue weighted by molar-refractivity contribution is 7.80. The third-order valence-corrected chi connectivity index (χ3v) is 3.01. The Morgan fingerprint density at radius 2 is 2.06 bits per heavy atom. The molecule has 0 aliphatic heterocycles. The molecule has 0 saturated carbocycles. The number of nitrogens with two attached hydrogens (primary N) is 1. The van der Waals surface area contributed by atoms with Crippen LogP contribution in [0.3, 0.4) is 0 Å². The summed E-state index contributed by atoms with van der Waals surface area (Å²) in [5, 5.41) is 1.14. The van der Waals surface area contributed by atoms with Crippen LogP contribution in [0.25, 0.3) is 10.9 Å². The summed E-state index contributed by atoms with van der Waals surface area (Å²) in [7, 11) is 0. The van der Waals surface area contributed by atoms with E-state index in [1.807, 2.05) is 30.3 Å². The van der Waals surface area contributed by atoms with Crippen LogP contribution in [0.15, 0.2) is 36.4 Å². The molecule has 0 fully saturated rings. The molecule has 0 amide bonds. The van der Waals surface area contributed by atoms with Crippen LogP contribution >= 0.6 is 12.2 Å². The number of para-hydroxylation sites is 1. The van der Waals surface area contributed by atoms with E-state index in [0.717, 1.165) is 23.0 Å². The van der Waals surface area contributed by atoms with E-state index in [4.69, 9.17) is 18.0 Å². The summed E-state index contributed by atoms with van der Waals surface area (Å²) in [5.74, 6) is 0.0830. The van der Waals surface area contributed by atoms with Crippen molar-refractivity contribution in [1.82, 2.24) is 4.98 Å². The van der Waals surface area contributed by atoms with Gasteiger partial charge >= 0.3 is 0 Å². The van der Waals surface area contributed by atoms with Crippen molar-refractivity contribution in [3.63, 3.8) is 0 Å². The number of nitrogens with zero attached hydrogens (tertiary/aromatic N) is 1. The van der Waals surface area contributed by atoms with Crippen LogP contribution in [0.2, 0.25) is 0 Å². The van der Waals surface area contributed by atoms with Gasteiger partial charge in [-0.15, -0.1) is 0 Å². The highest BCUT2D eigenvalue weighted by Gasteiger charge is 2.13. The van der Waals surface area contributed by atoms with Gasteiger partial charge in [-0.05, 0) is 18.6 Å². The Balaban J connectivity index is 2.49. The zero-order chi connectivity index (χ0) is 11.5. The largest absolute Gasteiger partial charge is 0.393 e. The molecule has 0 aliphatic carbocycles. The predicted octanol–water partition coefficient (Wildman–Crippen LogP) is 3.01. The van der Waals surface area contributed by atoms with Gasteiger partial charge in [-0.2, -0.15) is 0 Å². The number of benzene rings is 1. The van der Waals surface area contributed by atoms with Crippen molar-refractivity contribution < 1.29 is 0 Å². The van der Waals surface area contributed by atoms with Crippen LogP contribution < -0.4 is 5.73 Å². The summed E-state index contributed by atoms with van der Waals surface area (Å²) in [6.07, 6.45) is 0.890. The van der Waals surface area contributed by atoms with Gasteiger partial charge in [0.1, 0.15) is 0 Å². The van der Waals surface area contributed by atoms with Crippen molar-refractivity contribution in [3.05, 3.63) is 42.1 Å². The Morgan fingerprint density at radius 1 is 1.31 bits per heavy atom. The van der Waals surface area contributed by atoms with Crippen molar-refractivity contribution >= 4 is 28.1 Å². The van der Waals surface area contributed by atoms with E-state index < -0.39 is 0 Å². The molecular weight excluding hydrogens is 216 g/mol. The Morgan fingerprint density at radius 3 is 2.75 bits per heavy atom. The Bertz CT molecular complexity index is 522. The van der Waals surface area contributed by atoms with Crippen LogP contribution in [-0.4, -0.2) is 9.97 Å². The molecule has 1 heterocycles. The first-order chi connectivity index (χ1) is 7.72. The lowest BCUT2D eigenvalue weighted by Gasteiger charge is -2.12. The molecule has 0 spiro atoms. The molecule has 1 unspecified atom stereocenters. The van der Waals surface area contributed by atoms with E-state index in [2.05, 4.69) is 18.0 Å². The third kappa shape index (κ3) is 2.04. The zero-order valence-corrected chi connectivity index (χ0v) is 10.00. The maximum atomic E-state index is 5.71. The highest BCUT2D eigenvalue weighted by atomic mass is 32.1. The maximum absolute atomic E-state index is 5.71.